The summed E-state index contributed by atoms with van der Waals surface area (Å²) in [5, 5.41) is -0.0635. The predicted molar refractivity (Wildman–Crippen MR) is 69.3 cm³/mol. The quantitative estimate of drug-likeness (QED) is 0.787. The summed E-state index contributed by atoms with van der Waals surface area (Å²) >= 11 is 9.04. The highest BCUT2D eigenvalue weighted by Gasteiger charge is 2.29. The lowest BCUT2D eigenvalue weighted by Crippen LogP contribution is -2.32. The molecule has 0 N–H and O–H groups in total. The van der Waals surface area contributed by atoms with Crippen molar-refractivity contribution in [2.75, 3.05) is 0 Å². The third kappa shape index (κ3) is 3.80. The van der Waals surface area contributed by atoms with E-state index in [2.05, 4.69) is 15.9 Å². The monoisotopic (exact) mass is 304 g/mol. The first-order chi connectivity index (χ1) is 7.30. The average Bonchev–Trinajstić information content (AvgIpc) is 2.15. The fraction of sp³-hybridized carbons (Fsp3) is 0.417. The summed E-state index contributed by atoms with van der Waals surface area (Å²) < 4.78 is 5.47. The van der Waals surface area contributed by atoms with Crippen LogP contribution in [0.5, 0.6) is 5.75 Å². The number of carbonyl (C=O) groups excluding carboxylic acids is 1. The van der Waals surface area contributed by atoms with E-state index in [-0.39, 0.29) is 5.78 Å². The molecule has 0 aromatic heterocycles. The summed E-state index contributed by atoms with van der Waals surface area (Å²) in [6.45, 7) is 5.56. The molecule has 0 heterocycles. The van der Waals surface area contributed by atoms with Crippen molar-refractivity contribution in [3.8, 4) is 5.75 Å². The lowest BCUT2D eigenvalue weighted by molar-refractivity contribution is -0.129. The number of rotatable bonds is 3. The number of halogens is 2. The molecule has 16 heavy (non-hydrogen) atoms. The lowest BCUT2D eigenvalue weighted by atomic mass is 9.91. The molecule has 2 nitrogen and oxygen atoms in total. The fourth-order valence-corrected chi connectivity index (χ4v) is 2.14. The molecule has 1 atom stereocenters. The minimum Gasteiger partial charge on any atom is -0.471 e. The van der Waals surface area contributed by atoms with Crippen LogP contribution < -0.4 is 4.74 Å². The van der Waals surface area contributed by atoms with Gasteiger partial charge in [0.1, 0.15) is 5.75 Å². The van der Waals surface area contributed by atoms with Crippen molar-refractivity contribution in [3.05, 3.63) is 29.3 Å². The van der Waals surface area contributed by atoms with Crippen molar-refractivity contribution in [3.63, 3.8) is 0 Å². The minimum absolute atomic E-state index is 0.00697. The molecule has 1 unspecified atom stereocenters. The highest BCUT2D eigenvalue weighted by molar-refractivity contribution is 9.09. The van der Waals surface area contributed by atoms with Gasteiger partial charge in [-0.2, -0.15) is 0 Å². The Labute approximate surface area is 109 Å². The molecule has 0 aliphatic rings. The largest absolute Gasteiger partial charge is 0.471 e. The summed E-state index contributed by atoms with van der Waals surface area (Å²) in [4.78, 5) is 11.8. The Morgan fingerprint density at radius 2 is 2.06 bits per heavy atom. The van der Waals surface area contributed by atoms with Crippen LogP contribution in [0.4, 0.5) is 0 Å². The van der Waals surface area contributed by atoms with Gasteiger partial charge in [-0.15, -0.1) is 0 Å². The van der Waals surface area contributed by atoms with Gasteiger partial charge in [-0.25, -0.2) is 0 Å². The summed E-state index contributed by atoms with van der Waals surface area (Å²) in [6.07, 6.45) is 0. The van der Waals surface area contributed by atoms with E-state index in [1.807, 2.05) is 20.8 Å². The van der Waals surface area contributed by atoms with Crippen molar-refractivity contribution in [2.24, 2.45) is 5.41 Å². The molecule has 1 aromatic rings. The summed E-state index contributed by atoms with van der Waals surface area (Å²) in [7, 11) is 0. The Morgan fingerprint density at radius 1 is 1.44 bits per heavy atom. The molecule has 0 aliphatic carbocycles. The van der Waals surface area contributed by atoms with Crippen LogP contribution in [-0.2, 0) is 4.79 Å². The van der Waals surface area contributed by atoms with E-state index in [0.29, 0.717) is 10.8 Å². The van der Waals surface area contributed by atoms with Crippen LogP contribution in [-0.4, -0.2) is 10.8 Å². The van der Waals surface area contributed by atoms with E-state index < -0.39 is 10.4 Å². The predicted octanol–water partition coefficient (Wildman–Crippen LogP) is 4.06. The highest BCUT2D eigenvalue weighted by atomic mass is 79.9. The second-order valence-corrected chi connectivity index (χ2v) is 5.77. The Bertz CT molecular complexity index is 385. The number of hydrogen-bond donors (Lipinski definition) is 0. The van der Waals surface area contributed by atoms with E-state index in [0.717, 1.165) is 0 Å². The molecule has 0 fully saturated rings. The third-order valence-electron chi connectivity index (χ3n) is 1.98. The van der Waals surface area contributed by atoms with Crippen molar-refractivity contribution in [1.29, 1.82) is 0 Å². The van der Waals surface area contributed by atoms with E-state index in [1.54, 1.807) is 24.3 Å². The second-order valence-electron chi connectivity index (χ2n) is 4.51. The zero-order chi connectivity index (χ0) is 12.3. The van der Waals surface area contributed by atoms with Gasteiger partial charge >= 0.3 is 0 Å². The van der Waals surface area contributed by atoms with Crippen LogP contribution in [0.1, 0.15) is 20.8 Å². The maximum Gasteiger partial charge on any atom is 0.211 e. The van der Waals surface area contributed by atoms with Crippen molar-refractivity contribution in [2.45, 2.75) is 25.8 Å². The molecule has 1 aromatic carbocycles. The number of benzene rings is 1. The summed E-state index contributed by atoms with van der Waals surface area (Å²) in [6, 6.07) is 6.96. The molecule has 0 saturated heterocycles. The first-order valence-electron chi connectivity index (χ1n) is 4.91. The topological polar surface area (TPSA) is 26.3 Å². The van der Waals surface area contributed by atoms with Crippen molar-refractivity contribution in [1.82, 2.24) is 0 Å². The summed E-state index contributed by atoms with van der Waals surface area (Å²) in [5.41, 5.74) is -0.438. The van der Waals surface area contributed by atoms with E-state index in [4.69, 9.17) is 16.3 Å². The lowest BCUT2D eigenvalue weighted by Gasteiger charge is -2.21. The molecule has 0 aliphatic heterocycles. The number of Topliss-reactive ketones (excluding diaryl/α,β-unsaturated/α-hetero) is 1. The van der Waals surface area contributed by atoms with Crippen LogP contribution in [0, 0.1) is 5.41 Å². The normalized spacial score (nSPS) is 13.3. The van der Waals surface area contributed by atoms with Gasteiger partial charge in [0.25, 0.3) is 0 Å². The van der Waals surface area contributed by atoms with Gasteiger partial charge in [0.05, 0.1) is 0 Å². The Kier molecular flexibility index (Phi) is 4.39. The van der Waals surface area contributed by atoms with Crippen LogP contribution >= 0.6 is 27.5 Å². The Balaban J connectivity index is 2.72. The molecule has 88 valence electrons. The smallest absolute Gasteiger partial charge is 0.211 e. The molecular formula is C12H14BrClO2. The molecular weight excluding hydrogens is 291 g/mol. The molecule has 0 saturated carbocycles. The van der Waals surface area contributed by atoms with Gasteiger partial charge in [0.2, 0.25) is 5.01 Å². The van der Waals surface area contributed by atoms with Crippen LogP contribution in [0.25, 0.3) is 0 Å². The second kappa shape index (κ2) is 5.19. The van der Waals surface area contributed by atoms with E-state index >= 15 is 0 Å². The standard InChI is InChI=1S/C12H14BrClO2/c1-12(2,3)10(15)11(13)16-9-6-4-5-8(14)7-9/h4-7,11H,1-3H3. The first-order valence-corrected chi connectivity index (χ1v) is 6.20. The van der Waals surface area contributed by atoms with Gasteiger partial charge in [0.15, 0.2) is 5.78 Å². The summed E-state index contributed by atoms with van der Waals surface area (Å²) in [5.74, 6) is 0.569. The first kappa shape index (κ1) is 13.5. The zero-order valence-corrected chi connectivity index (χ0v) is 11.8. The molecule has 1 rings (SSSR count). The van der Waals surface area contributed by atoms with Gasteiger partial charge in [-0.1, -0.05) is 38.4 Å². The third-order valence-corrected chi connectivity index (χ3v) is 2.82. The van der Waals surface area contributed by atoms with Crippen LogP contribution in [0.15, 0.2) is 24.3 Å². The average molecular weight is 306 g/mol. The molecule has 4 heteroatoms. The van der Waals surface area contributed by atoms with Gasteiger partial charge in [0, 0.05) is 10.4 Å². The maximum atomic E-state index is 11.8. The zero-order valence-electron chi connectivity index (χ0n) is 9.46. The van der Waals surface area contributed by atoms with Crippen molar-refractivity contribution < 1.29 is 9.53 Å². The number of ether oxygens (including phenoxy) is 1. The van der Waals surface area contributed by atoms with Crippen LogP contribution in [0.2, 0.25) is 5.02 Å². The minimum atomic E-state index is -0.647. The molecule has 0 spiro atoms. The molecule has 0 amide bonds. The molecule has 0 bridgehead atoms. The van der Waals surface area contributed by atoms with E-state index in [9.17, 15) is 4.79 Å². The number of alkyl halides is 1. The van der Waals surface area contributed by atoms with Crippen molar-refractivity contribution >= 4 is 33.3 Å². The number of ketones is 1. The van der Waals surface area contributed by atoms with Gasteiger partial charge in [-0.3, -0.25) is 4.79 Å². The van der Waals surface area contributed by atoms with Gasteiger partial charge < -0.3 is 4.74 Å². The number of carbonyl (C=O) groups is 1. The van der Waals surface area contributed by atoms with Gasteiger partial charge in [-0.05, 0) is 34.1 Å². The number of hydrogen-bond acceptors (Lipinski definition) is 2. The Hall–Kier alpha value is -0.540. The highest BCUT2D eigenvalue weighted by Crippen LogP contribution is 2.25. The fourth-order valence-electron chi connectivity index (χ4n) is 1.05. The maximum absolute atomic E-state index is 11.8. The molecule has 0 radical (unpaired) electrons. The Morgan fingerprint density at radius 3 is 2.56 bits per heavy atom. The van der Waals surface area contributed by atoms with Crippen LogP contribution in [0.3, 0.4) is 0 Å². The van der Waals surface area contributed by atoms with E-state index in [1.165, 1.54) is 0 Å². The SMILES string of the molecule is CC(C)(C)C(=O)C(Br)Oc1cccc(Cl)c1.